The van der Waals surface area contributed by atoms with Gasteiger partial charge in [0.25, 0.3) is 5.22 Å². The number of fused-ring (bicyclic) bond motifs is 1. The number of hydrogen-bond acceptors (Lipinski definition) is 7. The van der Waals surface area contributed by atoms with Crippen LogP contribution in [-0.2, 0) is 4.79 Å². The number of ether oxygens (including phenoxy) is 2. The van der Waals surface area contributed by atoms with Crippen LogP contribution in [0.3, 0.4) is 0 Å². The fourth-order valence-electron chi connectivity index (χ4n) is 2.46. The molecule has 0 bridgehead atoms. The van der Waals surface area contributed by atoms with Crippen molar-refractivity contribution in [2.75, 3.05) is 24.3 Å². The van der Waals surface area contributed by atoms with Crippen LogP contribution >= 0.6 is 27.7 Å². The smallest absolute Gasteiger partial charge is 0.277 e. The second-order valence-corrected chi connectivity index (χ2v) is 7.33. The minimum atomic E-state index is -0.183. The number of thioether (sulfide) groups is 1. The van der Waals surface area contributed by atoms with Gasteiger partial charge in [-0.05, 0) is 40.2 Å². The topological polar surface area (TPSA) is 86.5 Å². The first-order valence-corrected chi connectivity index (χ1v) is 9.87. The Kier molecular flexibility index (Phi) is 5.30. The fraction of sp³-hybridized carbons (Fsp3) is 0.167. The number of carbonyl (C=O) groups excluding carboxylic acids is 1. The van der Waals surface area contributed by atoms with Crippen LogP contribution in [0, 0.1) is 0 Å². The third-order valence-corrected chi connectivity index (χ3v) is 5.17. The number of nitrogens with zero attached hydrogens (tertiary/aromatic N) is 2. The van der Waals surface area contributed by atoms with Crippen molar-refractivity contribution in [3.05, 3.63) is 46.9 Å². The monoisotopic (exact) mass is 447 g/mol. The number of nitrogens with one attached hydrogen (secondary N) is 1. The summed E-state index contributed by atoms with van der Waals surface area (Å²) in [5, 5.41) is 11.2. The fourth-order valence-corrected chi connectivity index (χ4v) is 3.47. The van der Waals surface area contributed by atoms with Crippen molar-refractivity contribution in [3.63, 3.8) is 0 Å². The van der Waals surface area contributed by atoms with Gasteiger partial charge in [-0.3, -0.25) is 4.79 Å². The minimum Gasteiger partial charge on any atom is -0.486 e. The molecule has 1 N–H and O–H groups in total. The molecule has 0 saturated carbocycles. The van der Waals surface area contributed by atoms with Gasteiger partial charge >= 0.3 is 0 Å². The van der Waals surface area contributed by atoms with E-state index in [-0.39, 0.29) is 11.7 Å². The summed E-state index contributed by atoms with van der Waals surface area (Å²) in [6.45, 7) is 1.03. The quantitative estimate of drug-likeness (QED) is 0.591. The van der Waals surface area contributed by atoms with Gasteiger partial charge in [0.2, 0.25) is 11.8 Å². The third-order valence-electron chi connectivity index (χ3n) is 3.66. The van der Waals surface area contributed by atoms with E-state index >= 15 is 0 Å². The lowest BCUT2D eigenvalue weighted by Crippen LogP contribution is -2.17. The summed E-state index contributed by atoms with van der Waals surface area (Å²) in [6.07, 6.45) is 0. The van der Waals surface area contributed by atoms with E-state index in [0.717, 1.165) is 10.0 Å². The molecule has 1 aliphatic rings. The Labute approximate surface area is 167 Å². The van der Waals surface area contributed by atoms with Gasteiger partial charge in [-0.1, -0.05) is 23.9 Å². The Morgan fingerprint density at radius 1 is 1.11 bits per heavy atom. The predicted octanol–water partition coefficient (Wildman–Crippen LogP) is 4.00. The van der Waals surface area contributed by atoms with Crippen LogP contribution in [0.5, 0.6) is 11.5 Å². The number of benzene rings is 2. The normalized spacial score (nSPS) is 12.6. The van der Waals surface area contributed by atoms with Gasteiger partial charge in [0.05, 0.1) is 11.3 Å². The van der Waals surface area contributed by atoms with Crippen LogP contribution in [-0.4, -0.2) is 35.1 Å². The molecule has 2 aromatic carbocycles. The summed E-state index contributed by atoms with van der Waals surface area (Å²) < 4.78 is 17.5. The molecule has 27 heavy (non-hydrogen) atoms. The summed E-state index contributed by atoms with van der Waals surface area (Å²) in [5.74, 6) is 1.67. The number of hydrogen-bond donors (Lipinski definition) is 1. The summed E-state index contributed by atoms with van der Waals surface area (Å²) >= 11 is 4.62. The first-order valence-electron chi connectivity index (χ1n) is 8.10. The van der Waals surface area contributed by atoms with E-state index in [4.69, 9.17) is 13.9 Å². The summed E-state index contributed by atoms with van der Waals surface area (Å²) in [5.41, 5.74) is 1.45. The lowest BCUT2D eigenvalue weighted by molar-refractivity contribution is -0.113. The number of anilines is 1. The molecule has 0 spiro atoms. The minimum absolute atomic E-state index is 0.145. The first kappa shape index (κ1) is 17.9. The highest BCUT2D eigenvalue weighted by Crippen LogP contribution is 2.33. The van der Waals surface area contributed by atoms with Gasteiger partial charge in [0.15, 0.2) is 11.5 Å². The van der Waals surface area contributed by atoms with Gasteiger partial charge in [-0.2, -0.15) is 0 Å². The summed E-state index contributed by atoms with van der Waals surface area (Å²) in [7, 11) is 0. The van der Waals surface area contributed by atoms with Crippen LogP contribution in [0.4, 0.5) is 5.69 Å². The highest BCUT2D eigenvalue weighted by atomic mass is 79.9. The summed E-state index contributed by atoms with van der Waals surface area (Å²) in [6, 6.07) is 12.9. The van der Waals surface area contributed by atoms with Gasteiger partial charge in [0.1, 0.15) is 13.2 Å². The average Bonchev–Trinajstić information content (AvgIpc) is 3.15. The largest absolute Gasteiger partial charge is 0.486 e. The number of amides is 1. The maximum absolute atomic E-state index is 12.2. The molecule has 0 aliphatic carbocycles. The van der Waals surface area contributed by atoms with E-state index < -0.39 is 0 Å². The standard InChI is InChI=1S/C18H14BrN3O4S/c19-13-4-2-1-3-12(13)17-21-22-18(26-17)27-10-16(23)20-11-5-6-14-15(9-11)25-8-7-24-14/h1-6,9H,7-8,10H2,(H,20,23). The molecule has 3 aromatic rings. The lowest BCUT2D eigenvalue weighted by atomic mass is 10.2. The van der Waals surface area contributed by atoms with Gasteiger partial charge in [-0.25, -0.2) is 0 Å². The zero-order chi connectivity index (χ0) is 18.6. The van der Waals surface area contributed by atoms with E-state index in [1.54, 1.807) is 18.2 Å². The molecule has 1 aromatic heterocycles. The number of carbonyl (C=O) groups is 1. The zero-order valence-corrected chi connectivity index (χ0v) is 16.4. The average molecular weight is 448 g/mol. The number of halogens is 1. The molecule has 0 radical (unpaired) electrons. The molecule has 0 atom stereocenters. The van der Waals surface area contributed by atoms with Crippen molar-refractivity contribution in [3.8, 4) is 23.0 Å². The molecule has 0 fully saturated rings. The van der Waals surface area contributed by atoms with E-state index in [0.29, 0.717) is 41.5 Å². The molecule has 2 heterocycles. The predicted molar refractivity (Wildman–Crippen MR) is 104 cm³/mol. The number of rotatable bonds is 5. The summed E-state index contributed by atoms with van der Waals surface area (Å²) in [4.78, 5) is 12.2. The molecule has 1 aliphatic heterocycles. The molecule has 138 valence electrons. The molecule has 7 nitrogen and oxygen atoms in total. The zero-order valence-electron chi connectivity index (χ0n) is 14.0. The molecule has 0 saturated heterocycles. The molecular weight excluding hydrogens is 434 g/mol. The lowest BCUT2D eigenvalue weighted by Gasteiger charge is -2.18. The van der Waals surface area contributed by atoms with E-state index in [9.17, 15) is 4.79 Å². The second kappa shape index (κ2) is 8.01. The number of aromatic nitrogens is 2. The van der Waals surface area contributed by atoms with Crippen molar-refractivity contribution >= 4 is 39.3 Å². The molecule has 9 heteroatoms. The first-order chi connectivity index (χ1) is 13.2. The Morgan fingerprint density at radius 3 is 2.78 bits per heavy atom. The van der Waals surface area contributed by atoms with Crippen molar-refractivity contribution in [1.82, 2.24) is 10.2 Å². The Balaban J connectivity index is 1.35. The Morgan fingerprint density at radius 2 is 1.93 bits per heavy atom. The maximum atomic E-state index is 12.2. The van der Waals surface area contributed by atoms with E-state index in [2.05, 4.69) is 31.4 Å². The van der Waals surface area contributed by atoms with Gasteiger partial charge < -0.3 is 19.2 Å². The van der Waals surface area contributed by atoms with Crippen molar-refractivity contribution in [1.29, 1.82) is 0 Å². The van der Waals surface area contributed by atoms with Crippen molar-refractivity contribution in [2.24, 2.45) is 0 Å². The molecule has 1 amide bonds. The van der Waals surface area contributed by atoms with Crippen LogP contribution < -0.4 is 14.8 Å². The van der Waals surface area contributed by atoms with Crippen molar-refractivity contribution in [2.45, 2.75) is 5.22 Å². The van der Waals surface area contributed by atoms with E-state index in [1.165, 1.54) is 11.8 Å². The Hall–Kier alpha value is -2.52. The van der Waals surface area contributed by atoms with E-state index in [1.807, 2.05) is 24.3 Å². The molecule has 4 rings (SSSR count). The highest BCUT2D eigenvalue weighted by molar-refractivity contribution is 9.10. The van der Waals surface area contributed by atoms with Crippen LogP contribution in [0.15, 0.2) is 56.6 Å². The van der Waals surface area contributed by atoms with Crippen LogP contribution in [0.25, 0.3) is 11.5 Å². The van der Waals surface area contributed by atoms with Crippen molar-refractivity contribution < 1.29 is 18.7 Å². The van der Waals surface area contributed by atoms with Gasteiger partial charge in [0, 0.05) is 16.2 Å². The maximum Gasteiger partial charge on any atom is 0.277 e. The third kappa shape index (κ3) is 4.25. The second-order valence-electron chi connectivity index (χ2n) is 5.55. The van der Waals surface area contributed by atoms with Crippen LogP contribution in [0.1, 0.15) is 0 Å². The highest BCUT2D eigenvalue weighted by Gasteiger charge is 2.15. The molecular formula is C18H14BrN3O4S. The van der Waals surface area contributed by atoms with Gasteiger partial charge in [-0.15, -0.1) is 10.2 Å². The Bertz CT molecular complexity index is 979. The SMILES string of the molecule is O=C(CSc1nnc(-c2ccccc2Br)o1)Nc1ccc2c(c1)OCCO2. The molecule has 0 unspecified atom stereocenters. The van der Waals surface area contributed by atoms with Crippen LogP contribution in [0.2, 0.25) is 0 Å².